The Morgan fingerprint density at radius 3 is 1.86 bits per heavy atom. The van der Waals surface area contributed by atoms with E-state index in [0.717, 1.165) is 16.8 Å². The minimum Gasteiger partial charge on any atom is -0.361 e. The summed E-state index contributed by atoms with van der Waals surface area (Å²) in [5.41, 5.74) is 3.96. The lowest BCUT2D eigenvalue weighted by Gasteiger charge is -2.12. The van der Waals surface area contributed by atoms with Gasteiger partial charge in [-0.25, -0.2) is 0 Å². The molecule has 0 bridgehead atoms. The van der Waals surface area contributed by atoms with Crippen LogP contribution >= 0.6 is 0 Å². The Kier molecular flexibility index (Phi) is 6.02. The summed E-state index contributed by atoms with van der Waals surface area (Å²) >= 11 is 0. The number of carbonyl (C=O) groups excluding carboxylic acids is 2. The van der Waals surface area contributed by atoms with Crippen molar-refractivity contribution in [2.45, 2.75) is 13.8 Å². The van der Waals surface area contributed by atoms with E-state index < -0.39 is 5.91 Å². The van der Waals surface area contributed by atoms with Gasteiger partial charge in [-0.2, -0.15) is 0 Å². The van der Waals surface area contributed by atoms with Crippen molar-refractivity contribution in [2.75, 3.05) is 10.6 Å². The normalized spacial score (nSPS) is 11.0. The zero-order valence-corrected chi connectivity index (χ0v) is 15.9. The highest BCUT2D eigenvalue weighted by Crippen LogP contribution is 2.18. The summed E-state index contributed by atoms with van der Waals surface area (Å²) < 4.78 is 0. The quantitative estimate of drug-likeness (QED) is 0.274. The van der Waals surface area contributed by atoms with E-state index in [1.54, 1.807) is 24.3 Å². The molecular formula is C24H22N2O2. The molecule has 0 saturated heterocycles. The Morgan fingerprint density at radius 2 is 1.25 bits per heavy atom. The molecule has 0 aliphatic carbocycles. The molecule has 0 aliphatic heterocycles. The first-order valence-electron chi connectivity index (χ1n) is 9.05. The Bertz CT molecular complexity index is 1020. The Morgan fingerprint density at radius 1 is 0.714 bits per heavy atom. The number of amides is 1. The molecule has 3 rings (SSSR count). The van der Waals surface area contributed by atoms with Crippen LogP contribution in [0.15, 0.2) is 90.6 Å². The molecule has 0 aliphatic rings. The number of carbonyl (C=O) groups is 2. The van der Waals surface area contributed by atoms with Crippen LogP contribution in [-0.2, 0) is 4.79 Å². The zero-order chi connectivity index (χ0) is 19.9. The maximum absolute atomic E-state index is 13.0. The van der Waals surface area contributed by atoms with Crippen LogP contribution in [0, 0.1) is 13.8 Å². The molecule has 0 heterocycles. The molecule has 3 aromatic carbocycles. The van der Waals surface area contributed by atoms with E-state index in [9.17, 15) is 9.59 Å². The first kappa shape index (κ1) is 19.1. The van der Waals surface area contributed by atoms with E-state index in [1.807, 2.05) is 68.4 Å². The van der Waals surface area contributed by atoms with Crippen LogP contribution in [0.25, 0.3) is 0 Å². The number of hydrogen-bond donors (Lipinski definition) is 2. The number of Topliss-reactive ketones (excluding diaryl/α,β-unsaturated/α-hetero) is 1. The molecule has 140 valence electrons. The SMILES string of the molecule is Cc1ccccc1NC=C(C(=O)Nc1ccccc1C)C(=O)c1ccccc1. The highest BCUT2D eigenvalue weighted by molar-refractivity contribution is 6.28. The third kappa shape index (κ3) is 4.54. The second-order valence-electron chi connectivity index (χ2n) is 6.48. The number of ketones is 1. The van der Waals surface area contributed by atoms with Crippen LogP contribution in [0.2, 0.25) is 0 Å². The molecule has 0 unspecified atom stereocenters. The predicted octanol–water partition coefficient (Wildman–Crippen LogP) is 5.12. The smallest absolute Gasteiger partial charge is 0.261 e. The maximum Gasteiger partial charge on any atom is 0.261 e. The molecule has 0 fully saturated rings. The zero-order valence-electron chi connectivity index (χ0n) is 15.9. The second-order valence-corrected chi connectivity index (χ2v) is 6.48. The third-order valence-electron chi connectivity index (χ3n) is 4.44. The van der Waals surface area contributed by atoms with E-state index in [0.29, 0.717) is 11.3 Å². The van der Waals surface area contributed by atoms with E-state index in [1.165, 1.54) is 6.20 Å². The van der Waals surface area contributed by atoms with Crippen LogP contribution in [0.4, 0.5) is 11.4 Å². The standard InChI is InChI=1S/C24H22N2O2/c1-17-10-6-8-14-21(17)25-16-20(23(27)19-12-4-3-5-13-19)24(28)26-22-15-9-7-11-18(22)2/h3-16,25H,1-2H3,(H,26,28). The topological polar surface area (TPSA) is 58.2 Å². The summed E-state index contributed by atoms with van der Waals surface area (Å²) in [6.07, 6.45) is 1.48. The largest absolute Gasteiger partial charge is 0.361 e. The maximum atomic E-state index is 13.0. The molecule has 0 atom stereocenters. The molecular weight excluding hydrogens is 348 g/mol. The molecule has 0 saturated carbocycles. The molecule has 0 aromatic heterocycles. The van der Waals surface area contributed by atoms with Crippen molar-refractivity contribution in [1.82, 2.24) is 0 Å². The van der Waals surface area contributed by atoms with Gasteiger partial charge in [0, 0.05) is 23.1 Å². The van der Waals surface area contributed by atoms with E-state index in [-0.39, 0.29) is 11.4 Å². The number of rotatable bonds is 6. The van der Waals surface area contributed by atoms with Gasteiger partial charge in [0.1, 0.15) is 5.57 Å². The summed E-state index contributed by atoms with van der Waals surface area (Å²) in [6.45, 7) is 3.87. The van der Waals surface area contributed by atoms with Crippen LogP contribution in [0.3, 0.4) is 0 Å². The Balaban J connectivity index is 1.93. The monoisotopic (exact) mass is 370 g/mol. The molecule has 4 heteroatoms. The molecule has 1 amide bonds. The number of hydrogen-bond acceptors (Lipinski definition) is 3. The number of benzene rings is 3. The molecule has 3 aromatic rings. The van der Waals surface area contributed by atoms with Crippen LogP contribution in [0.1, 0.15) is 21.5 Å². The minimum absolute atomic E-state index is 0.0395. The highest BCUT2D eigenvalue weighted by atomic mass is 16.2. The lowest BCUT2D eigenvalue weighted by Crippen LogP contribution is -2.22. The fraction of sp³-hybridized carbons (Fsp3) is 0.0833. The van der Waals surface area contributed by atoms with Gasteiger partial charge < -0.3 is 10.6 Å². The third-order valence-corrected chi connectivity index (χ3v) is 4.44. The first-order valence-corrected chi connectivity index (χ1v) is 9.05. The summed E-state index contributed by atoms with van der Waals surface area (Å²) in [7, 11) is 0. The van der Waals surface area contributed by atoms with Crippen molar-refractivity contribution in [3.63, 3.8) is 0 Å². The fourth-order valence-corrected chi connectivity index (χ4v) is 2.77. The van der Waals surface area contributed by atoms with E-state index in [4.69, 9.17) is 0 Å². The molecule has 2 N–H and O–H groups in total. The fourth-order valence-electron chi connectivity index (χ4n) is 2.77. The first-order chi connectivity index (χ1) is 13.6. The lowest BCUT2D eigenvalue weighted by molar-refractivity contribution is -0.112. The van der Waals surface area contributed by atoms with Crippen molar-refractivity contribution in [1.29, 1.82) is 0 Å². The molecule has 28 heavy (non-hydrogen) atoms. The van der Waals surface area contributed by atoms with Gasteiger partial charge in [-0.1, -0.05) is 66.7 Å². The van der Waals surface area contributed by atoms with E-state index in [2.05, 4.69) is 10.6 Å². The Hall–Kier alpha value is -3.66. The summed E-state index contributed by atoms with van der Waals surface area (Å²) in [5, 5.41) is 5.95. The minimum atomic E-state index is -0.454. The van der Waals surface area contributed by atoms with Gasteiger partial charge in [-0.05, 0) is 37.1 Å². The highest BCUT2D eigenvalue weighted by Gasteiger charge is 2.20. The van der Waals surface area contributed by atoms with Gasteiger partial charge in [0.25, 0.3) is 5.91 Å². The average Bonchev–Trinajstić information content (AvgIpc) is 2.71. The number of nitrogens with one attached hydrogen (secondary N) is 2. The second kappa shape index (κ2) is 8.82. The number of para-hydroxylation sites is 2. The van der Waals surface area contributed by atoms with Gasteiger partial charge in [-0.15, -0.1) is 0 Å². The van der Waals surface area contributed by atoms with Gasteiger partial charge in [0.2, 0.25) is 0 Å². The summed E-state index contributed by atoms with van der Waals surface area (Å²) in [5.74, 6) is -0.794. The lowest BCUT2D eigenvalue weighted by atomic mass is 10.0. The Labute approximate surface area is 164 Å². The van der Waals surface area contributed by atoms with Crippen molar-refractivity contribution in [2.24, 2.45) is 0 Å². The average molecular weight is 370 g/mol. The molecule has 0 spiro atoms. The van der Waals surface area contributed by atoms with Gasteiger partial charge in [-0.3, -0.25) is 9.59 Å². The van der Waals surface area contributed by atoms with Crippen LogP contribution < -0.4 is 10.6 Å². The van der Waals surface area contributed by atoms with Crippen LogP contribution in [0.5, 0.6) is 0 Å². The van der Waals surface area contributed by atoms with Gasteiger partial charge >= 0.3 is 0 Å². The summed E-state index contributed by atoms with van der Waals surface area (Å²) in [6, 6.07) is 23.9. The van der Waals surface area contributed by atoms with Crippen molar-refractivity contribution < 1.29 is 9.59 Å². The van der Waals surface area contributed by atoms with Gasteiger partial charge in [0.05, 0.1) is 0 Å². The van der Waals surface area contributed by atoms with Crippen molar-refractivity contribution in [3.05, 3.63) is 107 Å². The van der Waals surface area contributed by atoms with Crippen molar-refractivity contribution >= 4 is 23.1 Å². The summed E-state index contributed by atoms with van der Waals surface area (Å²) in [4.78, 5) is 25.9. The van der Waals surface area contributed by atoms with Gasteiger partial charge in [0.15, 0.2) is 5.78 Å². The molecule has 4 nitrogen and oxygen atoms in total. The predicted molar refractivity (Wildman–Crippen MR) is 113 cm³/mol. The number of anilines is 2. The number of aryl methyl sites for hydroxylation is 2. The molecule has 0 radical (unpaired) electrons. The van der Waals surface area contributed by atoms with Crippen LogP contribution in [-0.4, -0.2) is 11.7 Å². The van der Waals surface area contributed by atoms with E-state index >= 15 is 0 Å². The van der Waals surface area contributed by atoms with Crippen molar-refractivity contribution in [3.8, 4) is 0 Å².